The molecule has 0 aliphatic carbocycles. The van der Waals surface area contributed by atoms with E-state index < -0.39 is 0 Å². The Morgan fingerprint density at radius 2 is 1.84 bits per heavy atom. The number of nitrogens with zero attached hydrogens (tertiary/aromatic N) is 1. The third kappa shape index (κ3) is 3.71. The van der Waals surface area contributed by atoms with Gasteiger partial charge in [-0.25, -0.2) is 4.98 Å². The largest absolute Gasteiger partial charge is 0.496 e. The van der Waals surface area contributed by atoms with Crippen LogP contribution in [-0.2, 0) is 6.54 Å². The number of oxazole rings is 1. The number of hydrogen-bond acceptors (Lipinski definition) is 4. The molecule has 5 heteroatoms. The average Bonchev–Trinajstić information content (AvgIpc) is 3.02. The third-order valence-electron chi connectivity index (χ3n) is 3.94. The predicted octanol–water partition coefficient (Wildman–Crippen LogP) is 3.90. The van der Waals surface area contributed by atoms with E-state index in [0.29, 0.717) is 23.9 Å². The van der Waals surface area contributed by atoms with Gasteiger partial charge in [0.05, 0.1) is 7.11 Å². The molecule has 128 valence electrons. The highest BCUT2D eigenvalue weighted by Gasteiger charge is 2.18. The highest BCUT2D eigenvalue weighted by Crippen LogP contribution is 2.22. The second-order valence-electron chi connectivity index (χ2n) is 5.78. The molecule has 0 aliphatic rings. The van der Waals surface area contributed by atoms with Gasteiger partial charge < -0.3 is 14.5 Å². The van der Waals surface area contributed by atoms with E-state index in [1.807, 2.05) is 55.5 Å². The zero-order valence-corrected chi connectivity index (χ0v) is 14.5. The number of aromatic nitrogens is 1. The molecule has 0 spiro atoms. The summed E-state index contributed by atoms with van der Waals surface area (Å²) in [6.45, 7) is 4.11. The lowest BCUT2D eigenvalue weighted by atomic mass is 10.1. The smallest absolute Gasteiger partial charge is 0.273 e. The second-order valence-corrected chi connectivity index (χ2v) is 5.78. The quantitative estimate of drug-likeness (QED) is 0.767. The minimum absolute atomic E-state index is 0.273. The summed E-state index contributed by atoms with van der Waals surface area (Å²) in [5.74, 6) is 1.40. The summed E-state index contributed by atoms with van der Waals surface area (Å²) >= 11 is 0. The van der Waals surface area contributed by atoms with Crippen molar-refractivity contribution < 1.29 is 13.9 Å². The van der Waals surface area contributed by atoms with Gasteiger partial charge in [-0.3, -0.25) is 4.79 Å². The van der Waals surface area contributed by atoms with Crippen molar-refractivity contribution in [3.63, 3.8) is 0 Å². The SMILES string of the molecule is COc1ccccc1CNC(=O)c1nc(-c2ccc(C)cc2)oc1C. The fourth-order valence-corrected chi connectivity index (χ4v) is 2.53. The van der Waals surface area contributed by atoms with Gasteiger partial charge in [0, 0.05) is 17.7 Å². The highest BCUT2D eigenvalue weighted by atomic mass is 16.5. The fraction of sp³-hybridized carbons (Fsp3) is 0.200. The van der Waals surface area contributed by atoms with Crippen molar-refractivity contribution in [2.24, 2.45) is 0 Å². The van der Waals surface area contributed by atoms with E-state index in [1.165, 1.54) is 0 Å². The van der Waals surface area contributed by atoms with E-state index in [1.54, 1.807) is 14.0 Å². The van der Waals surface area contributed by atoms with E-state index in [0.717, 1.165) is 22.4 Å². The van der Waals surface area contributed by atoms with Crippen LogP contribution in [0.5, 0.6) is 5.75 Å². The molecule has 1 amide bonds. The van der Waals surface area contributed by atoms with Gasteiger partial charge in [0.25, 0.3) is 5.91 Å². The summed E-state index contributed by atoms with van der Waals surface area (Å²) in [6.07, 6.45) is 0. The molecular weight excluding hydrogens is 316 g/mol. The molecular formula is C20H20N2O3. The lowest BCUT2D eigenvalue weighted by Crippen LogP contribution is -2.24. The predicted molar refractivity (Wildman–Crippen MR) is 95.6 cm³/mol. The van der Waals surface area contributed by atoms with Crippen molar-refractivity contribution in [2.45, 2.75) is 20.4 Å². The topological polar surface area (TPSA) is 64.4 Å². The Bertz CT molecular complexity index is 882. The lowest BCUT2D eigenvalue weighted by molar-refractivity contribution is 0.0945. The van der Waals surface area contributed by atoms with Crippen molar-refractivity contribution in [3.05, 3.63) is 71.1 Å². The summed E-state index contributed by atoms with van der Waals surface area (Å²) in [5.41, 5.74) is 3.20. The number of ether oxygens (including phenoxy) is 1. The zero-order valence-electron chi connectivity index (χ0n) is 14.5. The molecule has 25 heavy (non-hydrogen) atoms. The summed E-state index contributed by atoms with van der Waals surface area (Å²) in [7, 11) is 1.61. The monoisotopic (exact) mass is 336 g/mol. The summed E-state index contributed by atoms with van der Waals surface area (Å²) in [6, 6.07) is 15.4. The van der Waals surface area contributed by atoms with Gasteiger partial charge in [0.2, 0.25) is 5.89 Å². The molecule has 0 saturated carbocycles. The van der Waals surface area contributed by atoms with E-state index in [2.05, 4.69) is 10.3 Å². The van der Waals surface area contributed by atoms with Gasteiger partial charge in [-0.1, -0.05) is 35.9 Å². The minimum atomic E-state index is -0.273. The van der Waals surface area contributed by atoms with Gasteiger partial charge in [-0.15, -0.1) is 0 Å². The van der Waals surface area contributed by atoms with Crippen molar-refractivity contribution in [3.8, 4) is 17.2 Å². The number of methoxy groups -OCH3 is 1. The van der Waals surface area contributed by atoms with E-state index in [4.69, 9.17) is 9.15 Å². The minimum Gasteiger partial charge on any atom is -0.496 e. The molecule has 2 aromatic carbocycles. The van der Waals surface area contributed by atoms with Gasteiger partial charge >= 0.3 is 0 Å². The number of hydrogen-bond donors (Lipinski definition) is 1. The van der Waals surface area contributed by atoms with Crippen LogP contribution in [0.1, 0.15) is 27.4 Å². The molecule has 5 nitrogen and oxygen atoms in total. The van der Waals surface area contributed by atoms with Crippen molar-refractivity contribution in [1.29, 1.82) is 0 Å². The Morgan fingerprint density at radius 3 is 2.56 bits per heavy atom. The molecule has 0 unspecified atom stereocenters. The van der Waals surface area contributed by atoms with Crippen LogP contribution in [-0.4, -0.2) is 18.0 Å². The van der Waals surface area contributed by atoms with Crippen LogP contribution in [0, 0.1) is 13.8 Å². The normalized spacial score (nSPS) is 10.5. The molecule has 0 radical (unpaired) electrons. The number of para-hydroxylation sites is 1. The first-order valence-electron chi connectivity index (χ1n) is 8.03. The molecule has 1 N–H and O–H groups in total. The third-order valence-corrected chi connectivity index (χ3v) is 3.94. The van der Waals surface area contributed by atoms with E-state index in [9.17, 15) is 4.79 Å². The lowest BCUT2D eigenvalue weighted by Gasteiger charge is -2.08. The second kappa shape index (κ2) is 7.21. The van der Waals surface area contributed by atoms with Gasteiger partial charge in [-0.05, 0) is 32.0 Å². The standard InChI is InChI=1S/C20H20N2O3/c1-13-8-10-15(11-9-13)20-22-18(14(2)25-20)19(23)21-12-16-6-4-5-7-17(16)24-3/h4-11H,12H2,1-3H3,(H,21,23). The first-order valence-corrected chi connectivity index (χ1v) is 8.03. The van der Waals surface area contributed by atoms with E-state index >= 15 is 0 Å². The molecule has 0 atom stereocenters. The molecule has 3 rings (SSSR count). The molecule has 0 saturated heterocycles. The maximum atomic E-state index is 12.5. The first kappa shape index (κ1) is 16.8. The van der Waals surface area contributed by atoms with Crippen LogP contribution in [0.2, 0.25) is 0 Å². The molecule has 0 fully saturated rings. The van der Waals surface area contributed by atoms with Crippen LogP contribution in [0.15, 0.2) is 52.9 Å². The van der Waals surface area contributed by atoms with Crippen LogP contribution in [0.25, 0.3) is 11.5 Å². The number of carbonyl (C=O) groups excluding carboxylic acids is 1. The Hall–Kier alpha value is -3.08. The van der Waals surface area contributed by atoms with Gasteiger partial charge in [0.1, 0.15) is 11.5 Å². The van der Waals surface area contributed by atoms with Crippen LogP contribution >= 0.6 is 0 Å². The summed E-state index contributed by atoms with van der Waals surface area (Å²) < 4.78 is 11.0. The fourth-order valence-electron chi connectivity index (χ4n) is 2.53. The number of nitrogens with one attached hydrogen (secondary N) is 1. The van der Waals surface area contributed by atoms with Crippen LogP contribution < -0.4 is 10.1 Å². The van der Waals surface area contributed by atoms with Crippen molar-refractivity contribution in [2.75, 3.05) is 7.11 Å². The zero-order chi connectivity index (χ0) is 17.8. The average molecular weight is 336 g/mol. The number of benzene rings is 2. The van der Waals surface area contributed by atoms with Crippen LogP contribution in [0.3, 0.4) is 0 Å². The molecule has 3 aromatic rings. The maximum Gasteiger partial charge on any atom is 0.273 e. The number of rotatable bonds is 5. The van der Waals surface area contributed by atoms with Crippen molar-refractivity contribution in [1.82, 2.24) is 10.3 Å². The Morgan fingerprint density at radius 1 is 1.12 bits per heavy atom. The summed E-state index contributed by atoms with van der Waals surface area (Å²) in [4.78, 5) is 16.8. The molecule has 0 bridgehead atoms. The molecule has 0 aliphatic heterocycles. The van der Waals surface area contributed by atoms with Crippen LogP contribution in [0.4, 0.5) is 0 Å². The Balaban J connectivity index is 1.75. The van der Waals surface area contributed by atoms with Crippen molar-refractivity contribution >= 4 is 5.91 Å². The Labute approximate surface area is 146 Å². The first-order chi connectivity index (χ1) is 12.1. The number of amides is 1. The Kier molecular flexibility index (Phi) is 4.84. The van der Waals surface area contributed by atoms with Gasteiger partial charge in [-0.2, -0.15) is 0 Å². The number of aryl methyl sites for hydroxylation is 2. The highest BCUT2D eigenvalue weighted by molar-refractivity contribution is 5.93. The summed E-state index contributed by atoms with van der Waals surface area (Å²) in [5, 5.41) is 2.86. The molecule has 1 heterocycles. The number of carbonyl (C=O) groups is 1. The van der Waals surface area contributed by atoms with Gasteiger partial charge in [0.15, 0.2) is 5.69 Å². The van der Waals surface area contributed by atoms with E-state index in [-0.39, 0.29) is 5.91 Å². The molecule has 1 aromatic heterocycles. The maximum absolute atomic E-state index is 12.5.